The summed E-state index contributed by atoms with van der Waals surface area (Å²) in [6, 6.07) is 5.01. The van der Waals surface area contributed by atoms with Crippen LogP contribution in [0.15, 0.2) is 18.2 Å². The van der Waals surface area contributed by atoms with Gasteiger partial charge >= 0.3 is 5.97 Å². The van der Waals surface area contributed by atoms with Crippen molar-refractivity contribution in [3.8, 4) is 11.5 Å². The summed E-state index contributed by atoms with van der Waals surface area (Å²) in [6.45, 7) is 8.10. The number of carbonyl (C=O) groups excluding carboxylic acids is 2. The van der Waals surface area contributed by atoms with E-state index in [1.807, 2.05) is 13.8 Å². The van der Waals surface area contributed by atoms with Crippen LogP contribution in [0.25, 0.3) is 0 Å². The average molecular weight is 294 g/mol. The van der Waals surface area contributed by atoms with Crippen molar-refractivity contribution in [1.82, 2.24) is 0 Å². The summed E-state index contributed by atoms with van der Waals surface area (Å²) >= 11 is 0. The lowest BCUT2D eigenvalue weighted by Gasteiger charge is -2.12. The van der Waals surface area contributed by atoms with Crippen molar-refractivity contribution in [1.29, 1.82) is 0 Å². The molecule has 1 rings (SSSR count). The van der Waals surface area contributed by atoms with Gasteiger partial charge < -0.3 is 14.2 Å². The van der Waals surface area contributed by atoms with E-state index in [0.29, 0.717) is 30.3 Å². The first-order valence-electron chi connectivity index (χ1n) is 7.10. The van der Waals surface area contributed by atoms with Gasteiger partial charge in [0.1, 0.15) is 17.9 Å². The molecular weight excluding hydrogens is 272 g/mol. The van der Waals surface area contributed by atoms with Crippen LogP contribution in [0.4, 0.5) is 0 Å². The Morgan fingerprint density at radius 3 is 2.33 bits per heavy atom. The molecule has 0 fully saturated rings. The minimum Gasteiger partial charge on any atom is -0.494 e. The molecule has 5 nitrogen and oxygen atoms in total. The number of esters is 1. The van der Waals surface area contributed by atoms with Gasteiger partial charge in [-0.05, 0) is 45.9 Å². The Bertz CT molecular complexity index is 493. The highest BCUT2D eigenvalue weighted by Crippen LogP contribution is 2.26. The SMILES string of the molecule is CCOc1ccc(OCC)c(C(=O)CC(=O)OC(C)C)c1. The second-order valence-corrected chi connectivity index (χ2v) is 4.66. The standard InChI is InChI=1S/C16H22O5/c1-5-19-12-7-8-15(20-6-2)13(9-12)14(17)10-16(18)21-11(3)4/h7-9,11H,5-6,10H2,1-4H3. The zero-order valence-corrected chi connectivity index (χ0v) is 13.0. The molecule has 0 aliphatic heterocycles. The molecule has 0 amide bonds. The normalized spacial score (nSPS) is 10.3. The maximum absolute atomic E-state index is 12.3. The van der Waals surface area contributed by atoms with E-state index >= 15 is 0 Å². The molecule has 0 bridgehead atoms. The van der Waals surface area contributed by atoms with Crippen molar-refractivity contribution in [2.45, 2.75) is 40.2 Å². The van der Waals surface area contributed by atoms with E-state index in [1.165, 1.54) is 0 Å². The Balaban J connectivity index is 2.93. The zero-order chi connectivity index (χ0) is 15.8. The first-order valence-corrected chi connectivity index (χ1v) is 7.10. The molecule has 1 aromatic carbocycles. The first-order chi connectivity index (χ1) is 9.97. The third-order valence-electron chi connectivity index (χ3n) is 2.53. The average Bonchev–Trinajstić information content (AvgIpc) is 2.39. The molecule has 0 radical (unpaired) electrons. The maximum atomic E-state index is 12.3. The van der Waals surface area contributed by atoms with E-state index in [1.54, 1.807) is 32.0 Å². The van der Waals surface area contributed by atoms with Gasteiger partial charge in [0.2, 0.25) is 0 Å². The summed E-state index contributed by atoms with van der Waals surface area (Å²) in [5, 5.41) is 0. The molecule has 0 N–H and O–H groups in total. The lowest BCUT2D eigenvalue weighted by Crippen LogP contribution is -2.16. The highest BCUT2D eigenvalue weighted by Gasteiger charge is 2.19. The number of ketones is 1. The first kappa shape index (κ1) is 17.0. The molecule has 0 saturated heterocycles. The van der Waals surface area contributed by atoms with Gasteiger partial charge in [0.05, 0.1) is 24.9 Å². The van der Waals surface area contributed by atoms with Gasteiger partial charge in [-0.2, -0.15) is 0 Å². The van der Waals surface area contributed by atoms with Crippen molar-refractivity contribution < 1.29 is 23.8 Å². The fraction of sp³-hybridized carbons (Fsp3) is 0.500. The lowest BCUT2D eigenvalue weighted by molar-refractivity contribution is -0.146. The largest absolute Gasteiger partial charge is 0.494 e. The van der Waals surface area contributed by atoms with E-state index < -0.39 is 5.97 Å². The third-order valence-corrected chi connectivity index (χ3v) is 2.53. The molecule has 0 spiro atoms. The van der Waals surface area contributed by atoms with Crippen LogP contribution in [0.1, 0.15) is 44.5 Å². The van der Waals surface area contributed by atoms with Gasteiger partial charge in [-0.25, -0.2) is 0 Å². The lowest BCUT2D eigenvalue weighted by atomic mass is 10.1. The molecule has 0 aromatic heterocycles. The fourth-order valence-corrected chi connectivity index (χ4v) is 1.80. The van der Waals surface area contributed by atoms with Crippen LogP contribution in [-0.2, 0) is 9.53 Å². The molecule has 0 heterocycles. The van der Waals surface area contributed by atoms with Crippen LogP contribution in [0.5, 0.6) is 11.5 Å². The number of hydrogen-bond donors (Lipinski definition) is 0. The summed E-state index contributed by atoms with van der Waals surface area (Å²) in [5.74, 6) is 0.134. The smallest absolute Gasteiger partial charge is 0.313 e. The van der Waals surface area contributed by atoms with Crippen LogP contribution in [0, 0.1) is 0 Å². The number of rotatable bonds is 8. The molecule has 21 heavy (non-hydrogen) atoms. The Kier molecular flexibility index (Phi) is 6.72. The molecule has 116 valence electrons. The van der Waals surface area contributed by atoms with E-state index in [-0.39, 0.29) is 18.3 Å². The van der Waals surface area contributed by atoms with Gasteiger partial charge in [0.25, 0.3) is 0 Å². The zero-order valence-electron chi connectivity index (χ0n) is 13.0. The van der Waals surface area contributed by atoms with Crippen LogP contribution in [-0.4, -0.2) is 31.1 Å². The minimum absolute atomic E-state index is 0.244. The number of hydrogen-bond acceptors (Lipinski definition) is 5. The summed E-state index contributed by atoms with van der Waals surface area (Å²) in [7, 11) is 0. The summed E-state index contributed by atoms with van der Waals surface area (Å²) in [6.07, 6.45) is -0.556. The van der Waals surface area contributed by atoms with Crippen molar-refractivity contribution >= 4 is 11.8 Å². The number of Topliss-reactive ketones (excluding diaryl/α,β-unsaturated/α-hetero) is 1. The third kappa shape index (κ3) is 5.45. The predicted octanol–water partition coefficient (Wildman–Crippen LogP) is 3.01. The quantitative estimate of drug-likeness (QED) is 0.419. The van der Waals surface area contributed by atoms with Crippen molar-refractivity contribution in [3.63, 3.8) is 0 Å². The highest BCUT2D eigenvalue weighted by atomic mass is 16.5. The number of benzene rings is 1. The summed E-state index contributed by atoms with van der Waals surface area (Å²) < 4.78 is 15.8. The Morgan fingerprint density at radius 2 is 1.76 bits per heavy atom. The molecule has 5 heteroatoms. The summed E-state index contributed by atoms with van der Waals surface area (Å²) in [5.41, 5.74) is 0.337. The highest BCUT2D eigenvalue weighted by molar-refractivity contribution is 6.07. The summed E-state index contributed by atoms with van der Waals surface area (Å²) in [4.78, 5) is 23.9. The van der Waals surface area contributed by atoms with Crippen LogP contribution >= 0.6 is 0 Å². The van der Waals surface area contributed by atoms with Gasteiger partial charge in [0, 0.05) is 0 Å². The maximum Gasteiger partial charge on any atom is 0.313 e. The van der Waals surface area contributed by atoms with Gasteiger partial charge in [0.15, 0.2) is 5.78 Å². The Hall–Kier alpha value is -2.04. The van der Waals surface area contributed by atoms with E-state index in [2.05, 4.69) is 0 Å². The van der Waals surface area contributed by atoms with Crippen LogP contribution in [0.2, 0.25) is 0 Å². The molecule has 0 saturated carbocycles. The minimum atomic E-state index is -0.542. The van der Waals surface area contributed by atoms with Gasteiger partial charge in [-0.1, -0.05) is 0 Å². The van der Waals surface area contributed by atoms with Crippen molar-refractivity contribution in [2.24, 2.45) is 0 Å². The van der Waals surface area contributed by atoms with E-state index in [9.17, 15) is 9.59 Å². The molecular formula is C16H22O5. The van der Waals surface area contributed by atoms with Crippen molar-refractivity contribution in [2.75, 3.05) is 13.2 Å². The molecule has 0 aliphatic carbocycles. The van der Waals surface area contributed by atoms with Crippen LogP contribution < -0.4 is 9.47 Å². The van der Waals surface area contributed by atoms with Crippen LogP contribution in [0.3, 0.4) is 0 Å². The van der Waals surface area contributed by atoms with Gasteiger partial charge in [-0.15, -0.1) is 0 Å². The molecule has 0 atom stereocenters. The van der Waals surface area contributed by atoms with Gasteiger partial charge in [-0.3, -0.25) is 9.59 Å². The second kappa shape index (κ2) is 8.29. The Labute approximate surface area is 125 Å². The topological polar surface area (TPSA) is 61.8 Å². The second-order valence-electron chi connectivity index (χ2n) is 4.66. The molecule has 0 aliphatic rings. The molecule has 1 aromatic rings. The monoisotopic (exact) mass is 294 g/mol. The van der Waals surface area contributed by atoms with E-state index in [4.69, 9.17) is 14.2 Å². The van der Waals surface area contributed by atoms with Crippen molar-refractivity contribution in [3.05, 3.63) is 23.8 Å². The number of carbonyl (C=O) groups is 2. The Morgan fingerprint density at radius 1 is 1.10 bits per heavy atom. The van der Waals surface area contributed by atoms with E-state index in [0.717, 1.165) is 0 Å². The fourth-order valence-electron chi connectivity index (χ4n) is 1.80. The predicted molar refractivity (Wildman–Crippen MR) is 79.0 cm³/mol. The molecule has 0 unspecified atom stereocenters. The number of ether oxygens (including phenoxy) is 3.